The molecule has 0 amide bonds. The van der Waals surface area contributed by atoms with Gasteiger partial charge in [0.1, 0.15) is 12.1 Å². The van der Waals surface area contributed by atoms with Crippen molar-refractivity contribution in [2.75, 3.05) is 21.1 Å². The lowest BCUT2D eigenvalue weighted by Crippen LogP contribution is -2.61. The number of benzene rings is 1. The van der Waals surface area contributed by atoms with Crippen LogP contribution in [-0.4, -0.2) is 73.7 Å². The zero-order valence-electron chi connectivity index (χ0n) is 23.9. The van der Waals surface area contributed by atoms with Crippen LogP contribution in [0.5, 0.6) is 0 Å². The highest BCUT2D eigenvalue weighted by atomic mass is 32.2. The van der Waals surface area contributed by atoms with Gasteiger partial charge < -0.3 is 18.5 Å². The maximum atomic E-state index is 13.8. The Kier molecular flexibility index (Phi) is 9.28. The number of carbonyl (C=O) groups excluding carboxylic acids is 2. The summed E-state index contributed by atoms with van der Waals surface area (Å²) in [5.74, 6) is -2.87. The Hall–Kier alpha value is -2.58. The van der Waals surface area contributed by atoms with Crippen LogP contribution in [0, 0.1) is 17.3 Å². The molecular weight excluding hydrogens is 589 g/mol. The summed E-state index contributed by atoms with van der Waals surface area (Å²) in [7, 11) is -0.179. The molecule has 4 saturated carbocycles. The van der Waals surface area contributed by atoms with E-state index in [0.717, 1.165) is 11.0 Å². The quantitative estimate of drug-likeness (QED) is 0.132. The Labute approximate surface area is 242 Å². The topological polar surface area (TPSA) is 110 Å². The minimum Gasteiger partial charge on any atom is -0.743 e. The van der Waals surface area contributed by atoms with Crippen LogP contribution in [0.4, 0.5) is 22.0 Å². The van der Waals surface area contributed by atoms with E-state index in [-0.39, 0.29) is 36.7 Å². The average molecular weight is 626 g/mol. The second-order valence-electron chi connectivity index (χ2n) is 12.9. The third kappa shape index (κ3) is 7.67. The zero-order chi connectivity index (χ0) is 31.9. The molecule has 8 nitrogen and oxygen atoms in total. The lowest BCUT2D eigenvalue weighted by atomic mass is 9.48. The molecule has 5 rings (SSSR count). The van der Waals surface area contributed by atoms with Gasteiger partial charge in [0.05, 0.1) is 26.6 Å². The second-order valence-corrected chi connectivity index (χ2v) is 14.3. The Bertz CT molecular complexity index is 1280. The molecule has 0 aliphatic heterocycles. The predicted octanol–water partition coefficient (Wildman–Crippen LogP) is 4.95. The van der Waals surface area contributed by atoms with Crippen LogP contribution in [-0.2, 0) is 35.7 Å². The Morgan fingerprint density at radius 3 is 2.00 bits per heavy atom. The van der Waals surface area contributed by atoms with Gasteiger partial charge in [0.25, 0.3) is 6.10 Å². The predicted molar refractivity (Wildman–Crippen MR) is 140 cm³/mol. The van der Waals surface area contributed by atoms with Crippen LogP contribution in [0.2, 0.25) is 0 Å². The molecule has 0 saturated heterocycles. The minimum absolute atomic E-state index is 0.0228. The normalized spacial score (nSPS) is 27.9. The number of nitrogens with zero attached hydrogens (tertiary/aromatic N) is 1. The molecule has 3 unspecified atom stereocenters. The molecule has 4 bridgehead atoms. The highest BCUT2D eigenvalue weighted by Gasteiger charge is 2.67. The molecule has 0 spiro atoms. The van der Waals surface area contributed by atoms with Gasteiger partial charge in [-0.05, 0) is 50.9 Å². The molecule has 1 aromatic carbocycles. The van der Waals surface area contributed by atoms with Crippen LogP contribution in [0.3, 0.4) is 0 Å². The summed E-state index contributed by atoms with van der Waals surface area (Å²) >= 11 is 0. The Morgan fingerprint density at radius 2 is 1.57 bits per heavy atom. The van der Waals surface area contributed by atoms with Gasteiger partial charge in [0.15, 0.2) is 10.1 Å². The number of carbonyl (C=O) groups is 2. The molecule has 4 fully saturated rings. The molecule has 3 atom stereocenters. The van der Waals surface area contributed by atoms with E-state index in [0.29, 0.717) is 19.3 Å². The average Bonchev–Trinajstić information content (AvgIpc) is 2.79. The van der Waals surface area contributed by atoms with E-state index in [1.54, 1.807) is 0 Å². The molecule has 1 aromatic rings. The third-order valence-electron chi connectivity index (χ3n) is 7.76. The highest BCUT2D eigenvalue weighted by molar-refractivity contribution is 7.86. The summed E-state index contributed by atoms with van der Waals surface area (Å²) in [5, 5.41) is -5.91. The van der Waals surface area contributed by atoms with Gasteiger partial charge in [0, 0.05) is 17.6 Å². The lowest BCUT2D eigenvalue weighted by molar-refractivity contribution is -0.884. The molecular formula is C28H36F5NO7S. The van der Waals surface area contributed by atoms with Crippen LogP contribution < -0.4 is 0 Å². The fraction of sp³-hybridized carbons (Fsp3) is 0.643. The van der Waals surface area contributed by atoms with Crippen molar-refractivity contribution < 1.29 is 58.5 Å². The van der Waals surface area contributed by atoms with E-state index in [1.807, 2.05) is 0 Å². The maximum Gasteiger partial charge on any atom is 0.432 e. The van der Waals surface area contributed by atoms with Crippen LogP contribution in [0.25, 0.3) is 0 Å². The summed E-state index contributed by atoms with van der Waals surface area (Å²) in [6.07, 6.45) is -9.33. The SMILES string of the molecule is C=C(C)C(=O)OC12CC3CC(C1)CC(C(=O)OC(C(F)(F)F)C(F)(F)S(=O)(=O)[O-])(C3)C2.C[N+](C)(C)Cc1ccccc1. The van der Waals surface area contributed by atoms with Gasteiger partial charge >= 0.3 is 23.4 Å². The van der Waals surface area contributed by atoms with Crippen LogP contribution >= 0.6 is 0 Å². The van der Waals surface area contributed by atoms with Crippen LogP contribution in [0.15, 0.2) is 42.5 Å². The summed E-state index contributed by atoms with van der Waals surface area (Å²) < 4.78 is 110. The number of quaternary nitrogens is 1. The van der Waals surface area contributed by atoms with Crippen molar-refractivity contribution in [2.45, 2.75) is 75.1 Å². The molecule has 42 heavy (non-hydrogen) atoms. The van der Waals surface area contributed by atoms with E-state index in [4.69, 9.17) is 4.74 Å². The van der Waals surface area contributed by atoms with E-state index in [1.165, 1.54) is 12.5 Å². The van der Waals surface area contributed by atoms with Crippen molar-refractivity contribution in [3.05, 3.63) is 48.0 Å². The van der Waals surface area contributed by atoms with Gasteiger partial charge in [-0.2, -0.15) is 22.0 Å². The summed E-state index contributed by atoms with van der Waals surface area (Å²) in [4.78, 5) is 24.8. The molecule has 0 radical (unpaired) electrons. The molecule has 0 heterocycles. The number of hydrogen-bond donors (Lipinski definition) is 0. The van der Waals surface area contributed by atoms with Gasteiger partial charge in [-0.25, -0.2) is 13.2 Å². The van der Waals surface area contributed by atoms with Gasteiger partial charge in [-0.3, -0.25) is 4.79 Å². The Morgan fingerprint density at radius 1 is 1.05 bits per heavy atom. The molecule has 236 valence electrons. The first-order valence-electron chi connectivity index (χ1n) is 13.3. The molecule has 0 aromatic heterocycles. The van der Waals surface area contributed by atoms with Gasteiger partial charge in [-0.15, -0.1) is 0 Å². The number of alkyl halides is 5. The molecule has 4 aliphatic carbocycles. The lowest BCUT2D eigenvalue weighted by Gasteiger charge is -2.59. The number of hydrogen-bond acceptors (Lipinski definition) is 7. The zero-order valence-corrected chi connectivity index (χ0v) is 24.7. The second kappa shape index (κ2) is 11.5. The summed E-state index contributed by atoms with van der Waals surface area (Å²) in [5.41, 5.74) is -1.36. The molecule has 0 N–H and O–H groups in total. The third-order valence-corrected chi connectivity index (χ3v) is 8.64. The van der Waals surface area contributed by atoms with Crippen molar-refractivity contribution in [3.8, 4) is 0 Å². The van der Waals surface area contributed by atoms with Gasteiger partial charge in [0.2, 0.25) is 0 Å². The smallest absolute Gasteiger partial charge is 0.432 e. The number of rotatable bonds is 8. The summed E-state index contributed by atoms with van der Waals surface area (Å²) in [6.45, 7) is 5.95. The van der Waals surface area contributed by atoms with E-state index < -0.39 is 50.6 Å². The van der Waals surface area contributed by atoms with E-state index in [2.05, 4.69) is 62.8 Å². The van der Waals surface area contributed by atoms with Crippen molar-refractivity contribution in [3.63, 3.8) is 0 Å². The monoisotopic (exact) mass is 625 g/mol. The first kappa shape index (κ1) is 33.9. The number of ether oxygens (including phenoxy) is 2. The van der Waals surface area contributed by atoms with Crippen molar-refractivity contribution in [1.82, 2.24) is 0 Å². The number of esters is 2. The summed E-state index contributed by atoms with van der Waals surface area (Å²) in [6, 6.07) is 10.6. The first-order chi connectivity index (χ1) is 19.0. The standard InChI is InChI=1S/C18H21F5O7S.C10H16N/c1-9(2)12(24)30-16-6-10-3-11(7-16)5-15(4-10,8-16)14(25)29-13(17(19,20)21)18(22,23)31(26,27)28;1-11(2,3)9-10-7-5-4-6-8-10/h10-11,13H,1,3-8H2,2H3,(H,26,27,28);4-8H,9H2,1-3H3/q;+1/p-1. The fourth-order valence-electron chi connectivity index (χ4n) is 6.64. The fourth-order valence-corrected chi connectivity index (χ4v) is 7.08. The highest BCUT2D eigenvalue weighted by Crippen LogP contribution is 2.63. The van der Waals surface area contributed by atoms with Crippen molar-refractivity contribution in [1.29, 1.82) is 0 Å². The molecule has 4 aliphatic rings. The molecule has 14 heteroatoms. The van der Waals surface area contributed by atoms with E-state index in [9.17, 15) is 44.5 Å². The van der Waals surface area contributed by atoms with Crippen molar-refractivity contribution >= 4 is 22.1 Å². The van der Waals surface area contributed by atoms with Gasteiger partial charge in [-0.1, -0.05) is 36.9 Å². The largest absolute Gasteiger partial charge is 0.743 e. The van der Waals surface area contributed by atoms with Crippen LogP contribution in [0.1, 0.15) is 51.0 Å². The first-order valence-corrected chi connectivity index (χ1v) is 14.7. The minimum atomic E-state index is -6.78. The van der Waals surface area contributed by atoms with Crippen molar-refractivity contribution in [2.24, 2.45) is 17.3 Å². The maximum absolute atomic E-state index is 13.8. The van der Waals surface area contributed by atoms with E-state index >= 15 is 0 Å². The Balaban J connectivity index is 0.000000369. The number of halogens is 5.